The highest BCUT2D eigenvalue weighted by atomic mass is 79.9. The average Bonchev–Trinajstić information content (AvgIpc) is 2.82. The molecule has 0 fully saturated rings. The summed E-state index contributed by atoms with van der Waals surface area (Å²) >= 11 is 5.16. The summed E-state index contributed by atoms with van der Waals surface area (Å²) in [7, 11) is 0. The fourth-order valence-electron chi connectivity index (χ4n) is 1.84. The lowest BCUT2D eigenvalue weighted by Crippen LogP contribution is -1.92. The minimum absolute atomic E-state index is 0.620. The number of halogens is 1. The van der Waals surface area contributed by atoms with E-state index >= 15 is 0 Å². The first-order valence-corrected chi connectivity index (χ1v) is 7.28. The topological polar surface area (TPSA) is 9.23 Å². The summed E-state index contributed by atoms with van der Waals surface area (Å²) in [6.45, 7) is 0.620. The molecule has 0 N–H and O–H groups in total. The summed E-state index contributed by atoms with van der Waals surface area (Å²) in [5.74, 6) is 0.915. The van der Waals surface area contributed by atoms with Crippen molar-refractivity contribution < 1.29 is 4.74 Å². The van der Waals surface area contributed by atoms with Gasteiger partial charge in [0.25, 0.3) is 0 Å². The normalized spacial score (nSPS) is 10.7. The lowest BCUT2D eigenvalue weighted by atomic mass is 10.1. The second-order valence-electron chi connectivity index (χ2n) is 4.00. The summed E-state index contributed by atoms with van der Waals surface area (Å²) in [6.07, 6.45) is 0. The van der Waals surface area contributed by atoms with Crippen LogP contribution < -0.4 is 4.74 Å². The first-order valence-electron chi connectivity index (χ1n) is 5.67. The molecule has 0 atom stereocenters. The van der Waals surface area contributed by atoms with Crippen molar-refractivity contribution in [3.63, 3.8) is 0 Å². The van der Waals surface area contributed by atoms with Crippen LogP contribution >= 0.6 is 27.3 Å². The molecule has 0 aliphatic rings. The van der Waals surface area contributed by atoms with Gasteiger partial charge in [0.2, 0.25) is 0 Å². The zero-order valence-corrected chi connectivity index (χ0v) is 12.0. The minimum Gasteiger partial charge on any atom is -0.488 e. The Morgan fingerprint density at radius 1 is 0.944 bits per heavy atom. The van der Waals surface area contributed by atoms with E-state index in [9.17, 15) is 0 Å². The Morgan fingerprint density at radius 3 is 2.56 bits per heavy atom. The van der Waals surface area contributed by atoms with Gasteiger partial charge in [-0.25, -0.2) is 0 Å². The van der Waals surface area contributed by atoms with Crippen molar-refractivity contribution in [2.75, 3.05) is 0 Å². The van der Waals surface area contributed by atoms with Crippen LogP contribution in [0.2, 0.25) is 0 Å². The number of rotatable bonds is 3. The van der Waals surface area contributed by atoms with Gasteiger partial charge in [0.05, 0.1) is 3.79 Å². The molecule has 0 aliphatic heterocycles. The molecular weight excluding hydrogens is 308 g/mol. The highest BCUT2D eigenvalue weighted by molar-refractivity contribution is 9.11. The monoisotopic (exact) mass is 318 g/mol. The van der Waals surface area contributed by atoms with Crippen LogP contribution in [-0.4, -0.2) is 0 Å². The van der Waals surface area contributed by atoms with E-state index in [-0.39, 0.29) is 0 Å². The fourth-order valence-corrected chi connectivity index (χ4v) is 3.24. The standard InChI is InChI=1S/C15H11BrOS/c16-15-8-7-14(18-15)10-17-13-6-5-11-3-1-2-4-12(11)9-13/h1-9H,10H2. The number of hydrogen-bond donors (Lipinski definition) is 0. The Morgan fingerprint density at radius 2 is 1.78 bits per heavy atom. The second kappa shape index (κ2) is 5.12. The first-order chi connectivity index (χ1) is 8.81. The van der Waals surface area contributed by atoms with Crippen molar-refractivity contribution in [1.29, 1.82) is 0 Å². The fraction of sp³-hybridized carbons (Fsp3) is 0.0667. The van der Waals surface area contributed by atoms with Gasteiger partial charge in [0.15, 0.2) is 0 Å². The average molecular weight is 319 g/mol. The predicted molar refractivity (Wildman–Crippen MR) is 80.3 cm³/mol. The van der Waals surface area contributed by atoms with Crippen LogP contribution in [0.15, 0.2) is 58.4 Å². The largest absolute Gasteiger partial charge is 0.488 e. The quantitative estimate of drug-likeness (QED) is 0.641. The van der Waals surface area contributed by atoms with Crippen LogP contribution in [-0.2, 0) is 6.61 Å². The molecule has 1 heterocycles. The molecule has 3 rings (SSSR count). The molecule has 1 nitrogen and oxygen atoms in total. The van der Waals surface area contributed by atoms with Crippen LogP contribution in [0, 0.1) is 0 Å². The van der Waals surface area contributed by atoms with E-state index in [1.165, 1.54) is 15.6 Å². The van der Waals surface area contributed by atoms with Crippen LogP contribution in [0.25, 0.3) is 10.8 Å². The van der Waals surface area contributed by atoms with Crippen molar-refractivity contribution in [3.8, 4) is 5.75 Å². The summed E-state index contributed by atoms with van der Waals surface area (Å²) in [5.41, 5.74) is 0. The molecule has 0 aliphatic carbocycles. The maximum absolute atomic E-state index is 5.80. The molecule has 3 heteroatoms. The van der Waals surface area contributed by atoms with Gasteiger partial charge in [-0.2, -0.15) is 0 Å². The van der Waals surface area contributed by atoms with Crippen molar-refractivity contribution in [3.05, 3.63) is 63.3 Å². The van der Waals surface area contributed by atoms with Gasteiger partial charge >= 0.3 is 0 Å². The summed E-state index contributed by atoms with van der Waals surface area (Å²) in [5, 5.41) is 2.45. The Kier molecular flexibility index (Phi) is 3.35. The zero-order valence-electron chi connectivity index (χ0n) is 9.60. The van der Waals surface area contributed by atoms with Crippen molar-refractivity contribution in [2.45, 2.75) is 6.61 Å². The minimum atomic E-state index is 0.620. The third-order valence-corrected chi connectivity index (χ3v) is 4.33. The van der Waals surface area contributed by atoms with E-state index in [0.717, 1.165) is 9.54 Å². The first kappa shape index (κ1) is 11.8. The Labute approximate surface area is 118 Å². The van der Waals surface area contributed by atoms with Crippen LogP contribution in [0.3, 0.4) is 0 Å². The highest BCUT2D eigenvalue weighted by Gasteiger charge is 2.00. The number of hydrogen-bond acceptors (Lipinski definition) is 2. The summed E-state index contributed by atoms with van der Waals surface area (Å²) in [4.78, 5) is 1.22. The molecule has 0 spiro atoms. The Hall–Kier alpha value is -1.32. The Balaban J connectivity index is 1.78. The van der Waals surface area contributed by atoms with E-state index in [0.29, 0.717) is 6.61 Å². The van der Waals surface area contributed by atoms with Crippen LogP contribution in [0.5, 0.6) is 5.75 Å². The van der Waals surface area contributed by atoms with Crippen LogP contribution in [0.1, 0.15) is 4.88 Å². The molecule has 0 saturated carbocycles. The summed E-state index contributed by atoms with van der Waals surface area (Å²) in [6, 6.07) is 18.6. The van der Waals surface area contributed by atoms with E-state index < -0.39 is 0 Å². The molecule has 0 bridgehead atoms. The van der Waals surface area contributed by atoms with Gasteiger partial charge in [-0.1, -0.05) is 30.3 Å². The number of ether oxygens (including phenoxy) is 1. The molecule has 2 aromatic carbocycles. The SMILES string of the molecule is Brc1ccc(COc2ccc3ccccc3c2)s1. The molecule has 18 heavy (non-hydrogen) atoms. The number of fused-ring (bicyclic) bond motifs is 1. The van der Waals surface area contributed by atoms with E-state index in [1.807, 2.05) is 24.3 Å². The highest BCUT2D eigenvalue weighted by Crippen LogP contribution is 2.25. The van der Waals surface area contributed by atoms with Gasteiger partial charge in [0, 0.05) is 4.88 Å². The molecular formula is C15H11BrOS. The van der Waals surface area contributed by atoms with Gasteiger partial charge in [-0.15, -0.1) is 11.3 Å². The van der Waals surface area contributed by atoms with Gasteiger partial charge in [-0.05, 0) is 51.0 Å². The lowest BCUT2D eigenvalue weighted by molar-refractivity contribution is 0.310. The van der Waals surface area contributed by atoms with Gasteiger partial charge in [0.1, 0.15) is 12.4 Å². The van der Waals surface area contributed by atoms with E-state index in [2.05, 4.69) is 46.3 Å². The molecule has 0 radical (unpaired) electrons. The van der Waals surface area contributed by atoms with Crippen molar-refractivity contribution >= 4 is 38.0 Å². The molecule has 0 saturated heterocycles. The third-order valence-electron chi connectivity index (χ3n) is 2.73. The van der Waals surface area contributed by atoms with Crippen molar-refractivity contribution in [1.82, 2.24) is 0 Å². The molecule has 1 aromatic heterocycles. The number of thiophene rings is 1. The third kappa shape index (κ3) is 2.57. The van der Waals surface area contributed by atoms with E-state index in [4.69, 9.17) is 4.74 Å². The maximum atomic E-state index is 5.80. The smallest absolute Gasteiger partial charge is 0.122 e. The molecule has 0 amide bonds. The lowest BCUT2D eigenvalue weighted by Gasteiger charge is -2.05. The molecule has 90 valence electrons. The summed E-state index contributed by atoms with van der Waals surface area (Å²) < 4.78 is 6.94. The second-order valence-corrected chi connectivity index (χ2v) is 6.55. The Bertz CT molecular complexity index is 675. The van der Waals surface area contributed by atoms with Crippen LogP contribution in [0.4, 0.5) is 0 Å². The van der Waals surface area contributed by atoms with E-state index in [1.54, 1.807) is 11.3 Å². The molecule has 3 aromatic rings. The van der Waals surface area contributed by atoms with Crippen molar-refractivity contribution in [2.24, 2.45) is 0 Å². The van der Waals surface area contributed by atoms with Gasteiger partial charge < -0.3 is 4.74 Å². The number of benzene rings is 2. The van der Waals surface area contributed by atoms with Gasteiger partial charge in [-0.3, -0.25) is 0 Å². The zero-order chi connectivity index (χ0) is 12.4. The predicted octanol–water partition coefficient (Wildman–Crippen LogP) is 5.24. The molecule has 0 unspecified atom stereocenters. The maximum Gasteiger partial charge on any atom is 0.122 e.